The predicted molar refractivity (Wildman–Crippen MR) is 97.6 cm³/mol. The standard InChI is InChI=1S/C19H28N2O3/c1-5-6-9-24-17-15-10-13(22)7-8-14(15)18(23)21(16(17)11-20)12-19(2,3)4/h7-8,10,22H,5-6,9,11-12,20H2,1-4H3. The maximum absolute atomic E-state index is 12.9. The number of hydrogen-bond donors (Lipinski definition) is 2. The molecule has 0 bridgehead atoms. The second-order valence-corrected chi connectivity index (χ2v) is 7.36. The lowest BCUT2D eigenvalue weighted by atomic mass is 9.96. The van der Waals surface area contributed by atoms with Gasteiger partial charge in [-0.1, -0.05) is 34.1 Å². The van der Waals surface area contributed by atoms with Gasteiger partial charge in [-0.2, -0.15) is 0 Å². The number of phenolic OH excluding ortho intramolecular Hbond substituents is 1. The van der Waals surface area contributed by atoms with Crippen LogP contribution in [0.1, 0.15) is 46.2 Å². The van der Waals surface area contributed by atoms with Gasteiger partial charge < -0.3 is 20.1 Å². The van der Waals surface area contributed by atoms with Crippen LogP contribution in [0.15, 0.2) is 23.0 Å². The van der Waals surface area contributed by atoms with Gasteiger partial charge in [0.25, 0.3) is 5.56 Å². The van der Waals surface area contributed by atoms with Crippen molar-refractivity contribution in [2.24, 2.45) is 11.1 Å². The van der Waals surface area contributed by atoms with Crippen LogP contribution >= 0.6 is 0 Å². The van der Waals surface area contributed by atoms with Crippen molar-refractivity contribution in [3.63, 3.8) is 0 Å². The Hall–Kier alpha value is -2.01. The van der Waals surface area contributed by atoms with Gasteiger partial charge in [0.05, 0.1) is 17.7 Å². The van der Waals surface area contributed by atoms with Crippen molar-refractivity contribution in [2.75, 3.05) is 6.61 Å². The number of hydrogen-bond acceptors (Lipinski definition) is 4. The maximum Gasteiger partial charge on any atom is 0.258 e. The molecule has 5 nitrogen and oxygen atoms in total. The fourth-order valence-corrected chi connectivity index (χ4v) is 2.78. The van der Waals surface area contributed by atoms with E-state index in [4.69, 9.17) is 10.5 Å². The molecule has 0 aliphatic rings. The Balaban J connectivity index is 2.74. The lowest BCUT2D eigenvalue weighted by Crippen LogP contribution is -2.31. The molecule has 0 aliphatic heterocycles. The van der Waals surface area contributed by atoms with Gasteiger partial charge >= 0.3 is 0 Å². The molecule has 0 spiro atoms. The molecule has 0 saturated carbocycles. The average molecular weight is 332 g/mol. The van der Waals surface area contributed by atoms with E-state index in [1.165, 1.54) is 6.07 Å². The fraction of sp³-hybridized carbons (Fsp3) is 0.526. The summed E-state index contributed by atoms with van der Waals surface area (Å²) in [5, 5.41) is 11.0. The largest absolute Gasteiger partial charge is 0.508 e. The fourth-order valence-electron chi connectivity index (χ4n) is 2.78. The Morgan fingerprint density at radius 1 is 1.25 bits per heavy atom. The topological polar surface area (TPSA) is 77.5 Å². The number of aromatic nitrogens is 1. The molecule has 2 rings (SSSR count). The number of ether oxygens (including phenoxy) is 1. The first-order valence-electron chi connectivity index (χ1n) is 8.49. The third-order valence-corrected chi connectivity index (χ3v) is 3.88. The third-order valence-electron chi connectivity index (χ3n) is 3.88. The van der Waals surface area contributed by atoms with E-state index in [-0.39, 0.29) is 23.3 Å². The van der Waals surface area contributed by atoms with E-state index in [2.05, 4.69) is 27.7 Å². The first kappa shape index (κ1) is 18.3. The summed E-state index contributed by atoms with van der Waals surface area (Å²) in [5.74, 6) is 0.722. The van der Waals surface area contributed by atoms with Crippen molar-refractivity contribution in [2.45, 2.75) is 53.6 Å². The minimum atomic E-state index is -0.0942. The second kappa shape index (κ2) is 7.26. The molecule has 0 amide bonds. The first-order chi connectivity index (χ1) is 11.3. The summed E-state index contributed by atoms with van der Waals surface area (Å²) in [5.41, 5.74) is 6.49. The highest BCUT2D eigenvalue weighted by Crippen LogP contribution is 2.31. The van der Waals surface area contributed by atoms with E-state index >= 15 is 0 Å². The summed E-state index contributed by atoms with van der Waals surface area (Å²) >= 11 is 0. The average Bonchev–Trinajstić information content (AvgIpc) is 2.50. The molecule has 0 fully saturated rings. The van der Waals surface area contributed by atoms with E-state index in [1.807, 2.05) is 0 Å². The molecule has 5 heteroatoms. The quantitative estimate of drug-likeness (QED) is 0.795. The van der Waals surface area contributed by atoms with Crippen molar-refractivity contribution in [3.8, 4) is 11.5 Å². The monoisotopic (exact) mass is 332 g/mol. The zero-order valence-electron chi connectivity index (χ0n) is 15.1. The lowest BCUT2D eigenvalue weighted by Gasteiger charge is -2.25. The normalized spacial score (nSPS) is 11.9. The molecule has 0 radical (unpaired) electrons. The van der Waals surface area contributed by atoms with Gasteiger partial charge in [0, 0.05) is 18.5 Å². The molecule has 1 aromatic heterocycles. The molecule has 2 aromatic rings. The summed E-state index contributed by atoms with van der Waals surface area (Å²) < 4.78 is 7.72. The second-order valence-electron chi connectivity index (χ2n) is 7.36. The lowest BCUT2D eigenvalue weighted by molar-refractivity contribution is 0.295. The SMILES string of the molecule is CCCCOc1c(CN)n(CC(C)(C)C)c(=O)c2ccc(O)cc12. The number of fused-ring (bicyclic) bond motifs is 1. The Bertz CT molecular complexity index is 773. The van der Waals surface area contributed by atoms with Crippen LogP contribution in [-0.2, 0) is 13.1 Å². The Labute approximate surface area is 143 Å². The van der Waals surface area contributed by atoms with Crippen LogP contribution < -0.4 is 16.0 Å². The maximum atomic E-state index is 12.9. The van der Waals surface area contributed by atoms with E-state index in [0.717, 1.165) is 12.8 Å². The summed E-state index contributed by atoms with van der Waals surface area (Å²) in [4.78, 5) is 12.9. The number of benzene rings is 1. The number of phenols is 1. The van der Waals surface area contributed by atoms with Gasteiger partial charge in [0.15, 0.2) is 0 Å². The molecule has 1 aromatic carbocycles. The smallest absolute Gasteiger partial charge is 0.258 e. The summed E-state index contributed by atoms with van der Waals surface area (Å²) in [6, 6.07) is 4.76. The number of pyridine rings is 1. The molecular formula is C19H28N2O3. The minimum absolute atomic E-state index is 0.0704. The van der Waals surface area contributed by atoms with Crippen molar-refractivity contribution in [1.29, 1.82) is 0 Å². The highest BCUT2D eigenvalue weighted by atomic mass is 16.5. The van der Waals surface area contributed by atoms with Crippen LogP contribution in [0.4, 0.5) is 0 Å². The predicted octanol–water partition coefficient (Wildman–Crippen LogP) is 3.39. The van der Waals surface area contributed by atoms with Crippen molar-refractivity contribution < 1.29 is 9.84 Å². The molecular weight excluding hydrogens is 304 g/mol. The van der Waals surface area contributed by atoms with Gasteiger partial charge in [-0.25, -0.2) is 0 Å². The van der Waals surface area contributed by atoms with E-state index in [1.54, 1.807) is 16.7 Å². The molecule has 24 heavy (non-hydrogen) atoms. The van der Waals surface area contributed by atoms with E-state index < -0.39 is 0 Å². The van der Waals surface area contributed by atoms with E-state index in [0.29, 0.717) is 35.4 Å². The molecule has 0 saturated heterocycles. The minimum Gasteiger partial charge on any atom is -0.508 e. The van der Waals surface area contributed by atoms with Crippen LogP contribution in [0.25, 0.3) is 10.8 Å². The molecule has 3 N–H and O–H groups in total. The molecule has 132 valence electrons. The van der Waals surface area contributed by atoms with Crippen LogP contribution in [0.3, 0.4) is 0 Å². The Morgan fingerprint density at radius 3 is 2.54 bits per heavy atom. The summed E-state index contributed by atoms with van der Waals surface area (Å²) in [6.45, 7) is 9.66. The number of unbranched alkanes of at least 4 members (excludes halogenated alkanes) is 1. The van der Waals surface area contributed by atoms with Crippen LogP contribution in [0, 0.1) is 5.41 Å². The summed E-state index contributed by atoms with van der Waals surface area (Å²) in [6.07, 6.45) is 1.94. The molecule has 1 heterocycles. The highest BCUT2D eigenvalue weighted by Gasteiger charge is 2.21. The number of nitrogens with zero attached hydrogens (tertiary/aromatic N) is 1. The van der Waals surface area contributed by atoms with Gasteiger partial charge in [-0.15, -0.1) is 0 Å². The zero-order valence-corrected chi connectivity index (χ0v) is 15.1. The van der Waals surface area contributed by atoms with Crippen LogP contribution in [0.2, 0.25) is 0 Å². The van der Waals surface area contributed by atoms with Crippen molar-refractivity contribution >= 4 is 10.8 Å². The van der Waals surface area contributed by atoms with Gasteiger partial charge in [-0.05, 0) is 30.0 Å². The first-order valence-corrected chi connectivity index (χ1v) is 8.49. The van der Waals surface area contributed by atoms with Crippen LogP contribution in [-0.4, -0.2) is 16.3 Å². The highest BCUT2D eigenvalue weighted by molar-refractivity contribution is 5.89. The number of nitrogens with two attached hydrogens (primary N) is 1. The number of rotatable bonds is 6. The van der Waals surface area contributed by atoms with Gasteiger partial charge in [-0.3, -0.25) is 4.79 Å². The van der Waals surface area contributed by atoms with E-state index in [9.17, 15) is 9.90 Å². The Morgan fingerprint density at radius 2 is 1.96 bits per heavy atom. The molecule has 0 atom stereocenters. The molecule has 0 unspecified atom stereocenters. The summed E-state index contributed by atoms with van der Waals surface area (Å²) in [7, 11) is 0. The van der Waals surface area contributed by atoms with Crippen molar-refractivity contribution in [1.82, 2.24) is 4.57 Å². The Kier molecular flexibility index (Phi) is 5.54. The molecule has 0 aliphatic carbocycles. The third kappa shape index (κ3) is 3.90. The van der Waals surface area contributed by atoms with Gasteiger partial charge in [0.2, 0.25) is 0 Å². The van der Waals surface area contributed by atoms with Gasteiger partial charge in [0.1, 0.15) is 11.5 Å². The zero-order chi connectivity index (χ0) is 17.9. The van der Waals surface area contributed by atoms with Crippen molar-refractivity contribution in [3.05, 3.63) is 34.2 Å². The number of aromatic hydroxyl groups is 1. The van der Waals surface area contributed by atoms with Crippen LogP contribution in [0.5, 0.6) is 11.5 Å².